The molecular formula is C14H13FN2O2. The van der Waals surface area contributed by atoms with Crippen molar-refractivity contribution in [2.45, 2.75) is 13.0 Å². The molecule has 2 aromatic rings. The molecule has 0 aliphatic rings. The van der Waals surface area contributed by atoms with Crippen LogP contribution in [0.15, 0.2) is 42.7 Å². The summed E-state index contributed by atoms with van der Waals surface area (Å²) < 4.78 is 13.0. The minimum atomic E-state index is -0.706. The van der Waals surface area contributed by atoms with Crippen molar-refractivity contribution in [3.8, 4) is 0 Å². The van der Waals surface area contributed by atoms with Crippen LogP contribution in [-0.2, 0) is 0 Å². The second kappa shape index (κ2) is 5.58. The lowest BCUT2D eigenvalue weighted by Gasteiger charge is -2.12. The monoisotopic (exact) mass is 260 g/mol. The van der Waals surface area contributed by atoms with Crippen LogP contribution in [0.1, 0.15) is 28.9 Å². The summed E-state index contributed by atoms with van der Waals surface area (Å²) in [5.74, 6) is -1.04. The average molecular weight is 260 g/mol. The van der Waals surface area contributed by atoms with Crippen LogP contribution in [0.5, 0.6) is 0 Å². The number of aliphatic hydroxyl groups excluding tert-OH is 1. The van der Waals surface area contributed by atoms with Crippen molar-refractivity contribution in [3.05, 3.63) is 59.7 Å². The van der Waals surface area contributed by atoms with Gasteiger partial charge in [-0.15, -0.1) is 0 Å². The number of hydrogen-bond acceptors (Lipinski definition) is 3. The van der Waals surface area contributed by atoms with Crippen LogP contribution in [0.3, 0.4) is 0 Å². The number of amides is 1. The molecule has 2 N–H and O–H groups in total. The van der Waals surface area contributed by atoms with Gasteiger partial charge in [-0.05, 0) is 19.1 Å². The van der Waals surface area contributed by atoms with Crippen LogP contribution in [0.25, 0.3) is 0 Å². The number of rotatable bonds is 3. The largest absolute Gasteiger partial charge is 0.389 e. The summed E-state index contributed by atoms with van der Waals surface area (Å²) in [6.07, 6.45) is 1.60. The summed E-state index contributed by atoms with van der Waals surface area (Å²) in [7, 11) is 0. The van der Waals surface area contributed by atoms with E-state index in [1.165, 1.54) is 6.20 Å². The number of nitrogens with zero attached hydrogens (tertiary/aromatic N) is 1. The summed E-state index contributed by atoms with van der Waals surface area (Å²) in [5, 5.41) is 12.2. The number of halogens is 1. The Morgan fingerprint density at radius 3 is 2.79 bits per heavy atom. The van der Waals surface area contributed by atoms with E-state index in [4.69, 9.17) is 0 Å². The Bertz CT molecular complexity index is 600. The maximum atomic E-state index is 13.0. The number of carbonyl (C=O) groups is 1. The molecular weight excluding hydrogens is 247 g/mol. The van der Waals surface area contributed by atoms with E-state index in [9.17, 15) is 14.3 Å². The van der Waals surface area contributed by atoms with E-state index in [1.54, 1.807) is 31.2 Å². The van der Waals surface area contributed by atoms with Gasteiger partial charge in [0.2, 0.25) is 0 Å². The zero-order valence-corrected chi connectivity index (χ0v) is 10.3. The Kier molecular flexibility index (Phi) is 3.87. The fourth-order valence-electron chi connectivity index (χ4n) is 1.71. The maximum Gasteiger partial charge on any atom is 0.257 e. The third-order valence-corrected chi connectivity index (χ3v) is 2.63. The number of para-hydroxylation sites is 1. The van der Waals surface area contributed by atoms with Crippen molar-refractivity contribution in [1.82, 2.24) is 4.98 Å². The van der Waals surface area contributed by atoms with Crippen molar-refractivity contribution >= 4 is 11.6 Å². The van der Waals surface area contributed by atoms with E-state index in [0.29, 0.717) is 11.3 Å². The molecule has 5 heteroatoms. The molecule has 0 bridgehead atoms. The van der Waals surface area contributed by atoms with Gasteiger partial charge in [-0.25, -0.2) is 4.39 Å². The number of anilines is 1. The van der Waals surface area contributed by atoms with E-state index >= 15 is 0 Å². The van der Waals surface area contributed by atoms with Gasteiger partial charge in [-0.1, -0.05) is 18.2 Å². The lowest BCUT2D eigenvalue weighted by atomic mass is 10.1. The molecule has 1 aromatic heterocycles. The van der Waals surface area contributed by atoms with E-state index in [0.717, 1.165) is 12.3 Å². The topological polar surface area (TPSA) is 62.2 Å². The number of aliphatic hydroxyl groups is 1. The summed E-state index contributed by atoms with van der Waals surface area (Å²) in [4.78, 5) is 15.6. The van der Waals surface area contributed by atoms with Gasteiger partial charge in [0.1, 0.15) is 5.82 Å². The van der Waals surface area contributed by atoms with Gasteiger partial charge >= 0.3 is 0 Å². The molecule has 19 heavy (non-hydrogen) atoms. The molecule has 1 unspecified atom stereocenters. The van der Waals surface area contributed by atoms with Crippen LogP contribution >= 0.6 is 0 Å². The third kappa shape index (κ3) is 3.14. The Labute approximate surface area is 109 Å². The number of carbonyl (C=O) groups excluding carboxylic acids is 1. The second-order valence-corrected chi connectivity index (χ2v) is 4.11. The predicted octanol–water partition coefficient (Wildman–Crippen LogP) is 2.53. The van der Waals surface area contributed by atoms with Crippen molar-refractivity contribution in [2.75, 3.05) is 5.32 Å². The zero-order chi connectivity index (χ0) is 13.8. The number of aromatic nitrogens is 1. The molecule has 1 atom stereocenters. The lowest BCUT2D eigenvalue weighted by molar-refractivity contribution is 0.102. The predicted molar refractivity (Wildman–Crippen MR) is 69.2 cm³/mol. The van der Waals surface area contributed by atoms with E-state index in [2.05, 4.69) is 10.3 Å². The standard InChI is InChI=1S/C14H13FN2O2/c1-9(18)12-4-2-3-5-13(12)17-14(19)10-6-11(15)8-16-7-10/h2-9,18H,1H3,(H,17,19). The molecule has 1 aromatic carbocycles. The average Bonchev–Trinajstić information content (AvgIpc) is 2.39. The fraction of sp³-hybridized carbons (Fsp3) is 0.143. The van der Waals surface area contributed by atoms with Crippen molar-refractivity contribution in [3.63, 3.8) is 0 Å². The van der Waals surface area contributed by atoms with Crippen LogP contribution in [0, 0.1) is 5.82 Å². The summed E-state index contributed by atoms with van der Waals surface area (Å²) >= 11 is 0. The minimum Gasteiger partial charge on any atom is -0.389 e. The van der Waals surface area contributed by atoms with E-state index in [-0.39, 0.29) is 5.56 Å². The Hall–Kier alpha value is -2.27. The first-order chi connectivity index (χ1) is 9.08. The Morgan fingerprint density at radius 1 is 1.37 bits per heavy atom. The van der Waals surface area contributed by atoms with Gasteiger partial charge in [0, 0.05) is 17.4 Å². The number of pyridine rings is 1. The number of benzene rings is 1. The first-order valence-electron chi connectivity index (χ1n) is 5.77. The minimum absolute atomic E-state index is 0.125. The molecule has 0 aliphatic carbocycles. The SMILES string of the molecule is CC(O)c1ccccc1NC(=O)c1cncc(F)c1. The molecule has 0 aliphatic heterocycles. The molecule has 1 heterocycles. The number of nitrogens with one attached hydrogen (secondary N) is 1. The molecule has 1 amide bonds. The molecule has 0 fully saturated rings. The first kappa shape index (κ1) is 13.2. The highest BCUT2D eigenvalue weighted by molar-refractivity contribution is 6.04. The van der Waals surface area contributed by atoms with Crippen molar-refractivity contribution in [1.29, 1.82) is 0 Å². The van der Waals surface area contributed by atoms with Crippen LogP contribution in [0.2, 0.25) is 0 Å². The summed E-state index contributed by atoms with van der Waals surface area (Å²) in [5.41, 5.74) is 1.22. The van der Waals surface area contributed by atoms with Gasteiger partial charge in [0.25, 0.3) is 5.91 Å². The van der Waals surface area contributed by atoms with Gasteiger partial charge in [-0.2, -0.15) is 0 Å². The van der Waals surface area contributed by atoms with E-state index < -0.39 is 17.8 Å². The third-order valence-electron chi connectivity index (χ3n) is 2.63. The van der Waals surface area contributed by atoms with Gasteiger partial charge < -0.3 is 10.4 Å². The van der Waals surface area contributed by atoms with Crippen molar-refractivity contribution in [2.24, 2.45) is 0 Å². The molecule has 98 valence electrons. The molecule has 4 nitrogen and oxygen atoms in total. The Morgan fingerprint density at radius 2 is 2.11 bits per heavy atom. The highest BCUT2D eigenvalue weighted by Crippen LogP contribution is 2.22. The highest BCUT2D eigenvalue weighted by atomic mass is 19.1. The van der Waals surface area contributed by atoms with Gasteiger partial charge in [-0.3, -0.25) is 9.78 Å². The molecule has 2 rings (SSSR count). The van der Waals surface area contributed by atoms with Gasteiger partial charge in [0.15, 0.2) is 0 Å². The summed E-state index contributed by atoms with van der Waals surface area (Å²) in [6.45, 7) is 1.61. The fourth-order valence-corrected chi connectivity index (χ4v) is 1.71. The maximum absolute atomic E-state index is 13.0. The summed E-state index contributed by atoms with van der Waals surface area (Å²) in [6, 6.07) is 8.00. The number of hydrogen-bond donors (Lipinski definition) is 2. The second-order valence-electron chi connectivity index (χ2n) is 4.11. The van der Waals surface area contributed by atoms with Crippen LogP contribution in [0.4, 0.5) is 10.1 Å². The van der Waals surface area contributed by atoms with Crippen LogP contribution < -0.4 is 5.32 Å². The molecule has 0 spiro atoms. The van der Waals surface area contributed by atoms with Crippen molar-refractivity contribution < 1.29 is 14.3 Å². The highest BCUT2D eigenvalue weighted by Gasteiger charge is 2.12. The normalized spacial score (nSPS) is 11.9. The molecule has 0 radical (unpaired) electrons. The smallest absolute Gasteiger partial charge is 0.257 e. The lowest BCUT2D eigenvalue weighted by Crippen LogP contribution is -2.14. The van der Waals surface area contributed by atoms with Crippen LogP contribution in [-0.4, -0.2) is 16.0 Å². The zero-order valence-electron chi connectivity index (χ0n) is 10.3. The first-order valence-corrected chi connectivity index (χ1v) is 5.77. The quantitative estimate of drug-likeness (QED) is 0.891. The van der Waals surface area contributed by atoms with Gasteiger partial charge in [0.05, 0.1) is 17.9 Å². The Balaban J connectivity index is 2.24. The molecule has 0 saturated carbocycles. The molecule has 0 saturated heterocycles. The van der Waals surface area contributed by atoms with E-state index in [1.807, 2.05) is 0 Å².